The number of fused-ring (bicyclic) bond motifs is 3. The van der Waals surface area contributed by atoms with Crippen molar-refractivity contribution in [3.63, 3.8) is 0 Å². The van der Waals surface area contributed by atoms with Gasteiger partial charge in [0, 0.05) is 6.54 Å². The molecule has 0 N–H and O–H groups in total. The minimum absolute atomic E-state index is 0.0410. The third-order valence-corrected chi connectivity index (χ3v) is 4.23. The Kier molecular flexibility index (Phi) is 3.99. The highest BCUT2D eigenvalue weighted by Gasteiger charge is 2.37. The van der Waals surface area contributed by atoms with Gasteiger partial charge in [-0.05, 0) is 56.1 Å². The van der Waals surface area contributed by atoms with Gasteiger partial charge in [-0.3, -0.25) is 4.90 Å². The highest BCUT2D eigenvalue weighted by Crippen LogP contribution is 2.31. The Bertz CT molecular complexity index is 536. The number of carbonyl (C=O) groups excluding carboxylic acids is 1. The second-order valence-electron chi connectivity index (χ2n) is 5.67. The van der Waals surface area contributed by atoms with Gasteiger partial charge in [-0.15, -0.1) is 0 Å². The summed E-state index contributed by atoms with van der Waals surface area (Å²) in [6.45, 7) is 2.75. The quantitative estimate of drug-likeness (QED) is 0.620. The average Bonchev–Trinajstić information content (AvgIpc) is 2.48. The van der Waals surface area contributed by atoms with E-state index in [2.05, 4.69) is 4.90 Å². The molecule has 120 valence electrons. The fourth-order valence-electron chi connectivity index (χ4n) is 3.00. The van der Waals surface area contributed by atoms with E-state index in [0.29, 0.717) is 12.5 Å². The van der Waals surface area contributed by atoms with Gasteiger partial charge < -0.3 is 9.47 Å². The Balaban J connectivity index is 1.55. The molecule has 0 spiro atoms. The van der Waals surface area contributed by atoms with Gasteiger partial charge in [0.2, 0.25) is 0 Å². The van der Waals surface area contributed by atoms with Crippen molar-refractivity contribution < 1.29 is 27.4 Å². The van der Waals surface area contributed by atoms with Crippen LogP contribution in [0, 0.1) is 5.92 Å². The molecular formula is C15H16F3NO3. The highest BCUT2D eigenvalue weighted by atomic mass is 19.4. The van der Waals surface area contributed by atoms with Crippen molar-refractivity contribution in [2.24, 2.45) is 5.92 Å². The van der Waals surface area contributed by atoms with Crippen molar-refractivity contribution in [1.29, 1.82) is 0 Å². The predicted octanol–water partition coefficient (Wildman–Crippen LogP) is 3.32. The zero-order chi connectivity index (χ0) is 15.7. The monoisotopic (exact) mass is 315 g/mol. The number of benzene rings is 1. The number of hydrogen-bond acceptors (Lipinski definition) is 4. The number of hydrogen-bond donors (Lipinski definition) is 0. The first-order chi connectivity index (χ1) is 10.4. The Morgan fingerprint density at radius 3 is 2.27 bits per heavy atom. The molecule has 2 bridgehead atoms. The van der Waals surface area contributed by atoms with Crippen LogP contribution in [0.5, 0.6) is 5.75 Å². The molecule has 0 aromatic heterocycles. The van der Waals surface area contributed by atoms with E-state index < -0.39 is 17.9 Å². The SMILES string of the molecule is O=C(Oc1ccc(C(F)(F)F)cc1)O[C@H]1CN2CCC1CC2. The normalized spacial score (nSPS) is 27.5. The zero-order valence-corrected chi connectivity index (χ0v) is 11.8. The second-order valence-corrected chi connectivity index (χ2v) is 5.67. The maximum atomic E-state index is 12.4. The van der Waals surface area contributed by atoms with Gasteiger partial charge in [-0.25, -0.2) is 4.79 Å². The van der Waals surface area contributed by atoms with Gasteiger partial charge in [-0.1, -0.05) is 0 Å². The van der Waals surface area contributed by atoms with E-state index in [1.54, 1.807) is 0 Å². The molecule has 4 nitrogen and oxygen atoms in total. The van der Waals surface area contributed by atoms with Gasteiger partial charge in [-0.2, -0.15) is 13.2 Å². The molecule has 22 heavy (non-hydrogen) atoms. The van der Waals surface area contributed by atoms with E-state index in [1.165, 1.54) is 0 Å². The molecule has 7 heteroatoms. The lowest BCUT2D eigenvalue weighted by Gasteiger charge is -2.43. The molecule has 3 aliphatic heterocycles. The number of alkyl halides is 3. The lowest BCUT2D eigenvalue weighted by molar-refractivity contribution is -0.137. The van der Waals surface area contributed by atoms with Crippen molar-refractivity contribution in [3.8, 4) is 5.75 Å². The van der Waals surface area contributed by atoms with Crippen LogP contribution in [0.1, 0.15) is 18.4 Å². The van der Waals surface area contributed by atoms with E-state index in [9.17, 15) is 18.0 Å². The van der Waals surface area contributed by atoms with Crippen LogP contribution in [-0.2, 0) is 10.9 Å². The Labute approximate surface area is 125 Å². The summed E-state index contributed by atoms with van der Waals surface area (Å²) in [5.74, 6) is 0.393. The van der Waals surface area contributed by atoms with Crippen LogP contribution in [0.25, 0.3) is 0 Å². The first-order valence-electron chi connectivity index (χ1n) is 7.20. The fourth-order valence-corrected chi connectivity index (χ4v) is 3.00. The number of rotatable bonds is 2. The van der Waals surface area contributed by atoms with Crippen LogP contribution in [0.3, 0.4) is 0 Å². The number of piperidine rings is 3. The summed E-state index contributed by atoms with van der Waals surface area (Å²) in [6.07, 6.45) is -3.46. The third kappa shape index (κ3) is 3.35. The Hall–Kier alpha value is -1.76. The largest absolute Gasteiger partial charge is 0.514 e. The molecule has 3 saturated heterocycles. The van der Waals surface area contributed by atoms with Crippen LogP contribution in [0.4, 0.5) is 18.0 Å². The van der Waals surface area contributed by atoms with Crippen LogP contribution in [-0.4, -0.2) is 36.8 Å². The van der Waals surface area contributed by atoms with E-state index >= 15 is 0 Å². The first kappa shape index (κ1) is 15.1. The highest BCUT2D eigenvalue weighted by molar-refractivity contribution is 5.64. The molecule has 4 rings (SSSR count). The zero-order valence-electron chi connectivity index (χ0n) is 11.8. The van der Waals surface area contributed by atoms with Crippen molar-refractivity contribution in [2.75, 3.05) is 19.6 Å². The topological polar surface area (TPSA) is 38.8 Å². The van der Waals surface area contributed by atoms with Crippen molar-refractivity contribution in [2.45, 2.75) is 25.1 Å². The second kappa shape index (κ2) is 5.79. The molecule has 3 fully saturated rings. The molecule has 0 unspecified atom stereocenters. The molecule has 3 aliphatic rings. The van der Waals surface area contributed by atoms with E-state index in [4.69, 9.17) is 9.47 Å². The number of carbonyl (C=O) groups is 1. The summed E-state index contributed by atoms with van der Waals surface area (Å²) >= 11 is 0. The minimum Gasteiger partial charge on any atom is -0.429 e. The van der Waals surface area contributed by atoms with Crippen molar-refractivity contribution in [1.82, 2.24) is 4.90 Å². The smallest absolute Gasteiger partial charge is 0.429 e. The van der Waals surface area contributed by atoms with E-state index in [-0.39, 0.29) is 11.9 Å². The lowest BCUT2D eigenvalue weighted by atomic mass is 9.86. The summed E-state index contributed by atoms with van der Waals surface area (Å²) in [4.78, 5) is 14.0. The lowest BCUT2D eigenvalue weighted by Crippen LogP contribution is -2.52. The van der Waals surface area contributed by atoms with Gasteiger partial charge >= 0.3 is 12.3 Å². The summed E-state index contributed by atoms with van der Waals surface area (Å²) in [5.41, 5.74) is -0.786. The van der Waals surface area contributed by atoms with Crippen LogP contribution < -0.4 is 4.74 Å². The Morgan fingerprint density at radius 1 is 1.14 bits per heavy atom. The van der Waals surface area contributed by atoms with Crippen LogP contribution >= 0.6 is 0 Å². The average molecular weight is 315 g/mol. The van der Waals surface area contributed by atoms with Crippen LogP contribution in [0.2, 0.25) is 0 Å². The molecule has 0 radical (unpaired) electrons. The molecule has 0 aliphatic carbocycles. The predicted molar refractivity (Wildman–Crippen MR) is 71.5 cm³/mol. The summed E-state index contributed by atoms with van der Waals surface area (Å²) < 4.78 is 47.6. The summed E-state index contributed by atoms with van der Waals surface area (Å²) in [7, 11) is 0. The summed E-state index contributed by atoms with van der Waals surface area (Å²) in [5, 5.41) is 0. The van der Waals surface area contributed by atoms with Crippen LogP contribution in [0.15, 0.2) is 24.3 Å². The maximum absolute atomic E-state index is 12.4. The summed E-state index contributed by atoms with van der Waals surface area (Å²) in [6, 6.07) is 3.97. The Morgan fingerprint density at radius 2 is 1.77 bits per heavy atom. The third-order valence-electron chi connectivity index (χ3n) is 4.23. The molecule has 3 heterocycles. The van der Waals surface area contributed by atoms with Crippen molar-refractivity contribution >= 4 is 6.16 Å². The van der Waals surface area contributed by atoms with Gasteiger partial charge in [0.05, 0.1) is 5.56 Å². The molecule has 1 aromatic rings. The molecule has 1 aromatic carbocycles. The first-order valence-corrected chi connectivity index (χ1v) is 7.20. The fraction of sp³-hybridized carbons (Fsp3) is 0.533. The molecule has 0 amide bonds. The molecule has 0 saturated carbocycles. The van der Waals surface area contributed by atoms with Gasteiger partial charge in [0.1, 0.15) is 11.9 Å². The molecular weight excluding hydrogens is 299 g/mol. The van der Waals surface area contributed by atoms with Gasteiger partial charge in [0.25, 0.3) is 0 Å². The van der Waals surface area contributed by atoms with E-state index in [1.807, 2.05) is 0 Å². The molecule has 1 atom stereocenters. The van der Waals surface area contributed by atoms with Gasteiger partial charge in [0.15, 0.2) is 0 Å². The number of halogens is 3. The minimum atomic E-state index is -4.41. The number of nitrogens with zero attached hydrogens (tertiary/aromatic N) is 1. The van der Waals surface area contributed by atoms with Crippen molar-refractivity contribution in [3.05, 3.63) is 29.8 Å². The van der Waals surface area contributed by atoms with E-state index in [0.717, 1.165) is 50.2 Å². The number of ether oxygens (including phenoxy) is 2. The maximum Gasteiger partial charge on any atom is 0.514 e. The standard InChI is InChI=1S/C15H16F3NO3/c16-15(17,18)11-1-3-12(4-2-11)21-14(20)22-13-9-19-7-5-10(13)6-8-19/h1-4,10,13H,5-9H2/t13-/m0/s1.